The van der Waals surface area contributed by atoms with Crippen LogP contribution >= 0.6 is 11.8 Å². The summed E-state index contributed by atoms with van der Waals surface area (Å²) in [6.45, 7) is 2.08. The van der Waals surface area contributed by atoms with E-state index in [1.807, 2.05) is 36.6 Å². The molecule has 0 saturated carbocycles. The van der Waals surface area contributed by atoms with Gasteiger partial charge in [0.2, 0.25) is 0 Å². The van der Waals surface area contributed by atoms with Gasteiger partial charge in [-0.2, -0.15) is 11.8 Å². The van der Waals surface area contributed by atoms with Crippen LogP contribution in [0.2, 0.25) is 0 Å². The van der Waals surface area contributed by atoms with Crippen molar-refractivity contribution in [1.29, 1.82) is 0 Å². The zero-order chi connectivity index (χ0) is 14.4. The monoisotopic (exact) mass is 291 g/mol. The van der Waals surface area contributed by atoms with E-state index in [-0.39, 0.29) is 5.82 Å². The average molecular weight is 291 g/mol. The molecule has 20 heavy (non-hydrogen) atoms. The van der Waals surface area contributed by atoms with Crippen LogP contribution in [-0.4, -0.2) is 39.3 Å². The standard InChI is InChI=1S/C14H17N3O2S/c1-3-19-14(18)13-15-12(9-10-20-2)17(16-13)11-7-5-4-6-8-11/h4-8H,3,9-10H2,1-2H3. The quantitative estimate of drug-likeness (QED) is 0.765. The van der Waals surface area contributed by atoms with Crippen molar-refractivity contribution in [1.82, 2.24) is 14.8 Å². The Morgan fingerprint density at radius 1 is 1.35 bits per heavy atom. The Kier molecular flexibility index (Phi) is 5.17. The minimum absolute atomic E-state index is 0.117. The van der Waals surface area contributed by atoms with E-state index in [9.17, 15) is 4.79 Å². The molecule has 0 spiro atoms. The molecule has 6 heteroatoms. The molecular weight excluding hydrogens is 274 g/mol. The summed E-state index contributed by atoms with van der Waals surface area (Å²) in [4.78, 5) is 16.1. The van der Waals surface area contributed by atoms with Crippen molar-refractivity contribution in [2.75, 3.05) is 18.6 Å². The molecule has 1 heterocycles. The van der Waals surface area contributed by atoms with E-state index in [1.165, 1.54) is 0 Å². The van der Waals surface area contributed by atoms with Gasteiger partial charge in [-0.05, 0) is 25.3 Å². The van der Waals surface area contributed by atoms with Gasteiger partial charge in [-0.1, -0.05) is 18.2 Å². The van der Waals surface area contributed by atoms with Crippen LogP contribution in [0.4, 0.5) is 0 Å². The summed E-state index contributed by atoms with van der Waals surface area (Å²) in [7, 11) is 0. The van der Waals surface area contributed by atoms with Gasteiger partial charge in [0.15, 0.2) is 0 Å². The zero-order valence-corrected chi connectivity index (χ0v) is 12.4. The van der Waals surface area contributed by atoms with E-state index < -0.39 is 5.97 Å². The topological polar surface area (TPSA) is 57.0 Å². The first kappa shape index (κ1) is 14.6. The van der Waals surface area contributed by atoms with Gasteiger partial charge in [0, 0.05) is 12.2 Å². The van der Waals surface area contributed by atoms with E-state index in [2.05, 4.69) is 10.1 Å². The molecule has 0 fully saturated rings. The molecule has 0 aliphatic carbocycles. The molecule has 5 nitrogen and oxygen atoms in total. The minimum Gasteiger partial charge on any atom is -0.460 e. The molecule has 1 aromatic carbocycles. The van der Waals surface area contributed by atoms with Gasteiger partial charge >= 0.3 is 5.97 Å². The first-order valence-corrected chi connectivity index (χ1v) is 7.83. The SMILES string of the molecule is CCOC(=O)c1nc(CCSC)n(-c2ccccc2)n1. The van der Waals surface area contributed by atoms with E-state index in [0.717, 1.165) is 23.7 Å². The number of esters is 1. The molecule has 1 aromatic heterocycles. The summed E-state index contributed by atoms with van der Waals surface area (Å²) in [6, 6.07) is 9.67. The van der Waals surface area contributed by atoms with Gasteiger partial charge in [0.1, 0.15) is 5.82 Å². The lowest BCUT2D eigenvalue weighted by Gasteiger charge is -2.04. The lowest BCUT2D eigenvalue weighted by molar-refractivity contribution is 0.0512. The van der Waals surface area contributed by atoms with Gasteiger partial charge in [-0.3, -0.25) is 0 Å². The first-order chi connectivity index (χ1) is 9.76. The third kappa shape index (κ3) is 3.39. The number of aromatic nitrogens is 3. The van der Waals surface area contributed by atoms with Crippen LogP contribution in [0.5, 0.6) is 0 Å². The van der Waals surface area contributed by atoms with Gasteiger partial charge in [0.05, 0.1) is 12.3 Å². The van der Waals surface area contributed by atoms with E-state index in [4.69, 9.17) is 4.74 Å². The van der Waals surface area contributed by atoms with Crippen LogP contribution in [0.1, 0.15) is 23.4 Å². The predicted octanol–water partition coefficient (Wildman–Crippen LogP) is 2.35. The largest absolute Gasteiger partial charge is 0.460 e. The number of hydrogen-bond donors (Lipinski definition) is 0. The third-order valence-electron chi connectivity index (χ3n) is 2.66. The highest BCUT2D eigenvalue weighted by molar-refractivity contribution is 7.98. The number of benzene rings is 1. The third-order valence-corrected chi connectivity index (χ3v) is 3.28. The zero-order valence-electron chi connectivity index (χ0n) is 11.6. The molecule has 0 atom stereocenters. The van der Waals surface area contributed by atoms with Crippen LogP contribution in [0.15, 0.2) is 30.3 Å². The fourth-order valence-electron chi connectivity index (χ4n) is 1.76. The van der Waals surface area contributed by atoms with Crippen LogP contribution in [0.25, 0.3) is 5.69 Å². The maximum Gasteiger partial charge on any atom is 0.378 e. The normalized spacial score (nSPS) is 10.5. The molecule has 0 N–H and O–H groups in total. The Bertz CT molecular complexity index is 569. The maximum atomic E-state index is 11.7. The summed E-state index contributed by atoms with van der Waals surface area (Å²) in [5, 5.41) is 4.27. The first-order valence-electron chi connectivity index (χ1n) is 6.43. The Morgan fingerprint density at radius 3 is 2.75 bits per heavy atom. The summed E-state index contributed by atoms with van der Waals surface area (Å²) < 4.78 is 6.66. The molecule has 0 aliphatic heterocycles. The highest BCUT2D eigenvalue weighted by Crippen LogP contribution is 2.12. The van der Waals surface area contributed by atoms with E-state index in [0.29, 0.717) is 6.61 Å². The van der Waals surface area contributed by atoms with Crippen LogP contribution in [0, 0.1) is 0 Å². The Labute approximate surface area is 122 Å². The highest BCUT2D eigenvalue weighted by atomic mass is 32.2. The number of rotatable bonds is 6. The summed E-state index contributed by atoms with van der Waals surface area (Å²) in [6.07, 6.45) is 2.79. The number of nitrogens with zero attached hydrogens (tertiary/aromatic N) is 3. The van der Waals surface area contributed by atoms with Crippen LogP contribution in [0.3, 0.4) is 0 Å². The molecule has 0 radical (unpaired) electrons. The number of hydrogen-bond acceptors (Lipinski definition) is 5. The number of para-hydroxylation sites is 1. The molecule has 0 bridgehead atoms. The van der Waals surface area contributed by atoms with E-state index >= 15 is 0 Å². The smallest absolute Gasteiger partial charge is 0.378 e. The second-order valence-corrected chi connectivity index (χ2v) is 5.05. The van der Waals surface area contributed by atoms with Gasteiger partial charge in [-0.15, -0.1) is 5.10 Å². The Balaban J connectivity index is 2.35. The molecule has 0 aliphatic rings. The fraction of sp³-hybridized carbons (Fsp3) is 0.357. The number of ether oxygens (including phenoxy) is 1. The van der Waals surface area contributed by atoms with Crippen molar-refractivity contribution < 1.29 is 9.53 Å². The van der Waals surface area contributed by atoms with Crippen molar-refractivity contribution in [2.45, 2.75) is 13.3 Å². The predicted molar refractivity (Wildman–Crippen MR) is 79.4 cm³/mol. The highest BCUT2D eigenvalue weighted by Gasteiger charge is 2.17. The number of carbonyl (C=O) groups excluding carboxylic acids is 1. The molecule has 0 unspecified atom stereocenters. The van der Waals surface area contributed by atoms with Crippen molar-refractivity contribution in [3.05, 3.63) is 42.0 Å². The Morgan fingerprint density at radius 2 is 2.10 bits per heavy atom. The van der Waals surface area contributed by atoms with Crippen molar-refractivity contribution in [3.8, 4) is 5.69 Å². The molecular formula is C14H17N3O2S. The summed E-state index contributed by atoms with van der Waals surface area (Å²) >= 11 is 1.73. The van der Waals surface area contributed by atoms with Gasteiger partial charge < -0.3 is 4.74 Å². The molecule has 0 saturated heterocycles. The average Bonchev–Trinajstić information content (AvgIpc) is 2.90. The van der Waals surface area contributed by atoms with E-state index in [1.54, 1.807) is 23.4 Å². The maximum absolute atomic E-state index is 11.7. The lowest BCUT2D eigenvalue weighted by atomic mass is 10.3. The summed E-state index contributed by atoms with van der Waals surface area (Å²) in [5.41, 5.74) is 0.895. The minimum atomic E-state index is -0.479. The molecule has 106 valence electrons. The second-order valence-electron chi connectivity index (χ2n) is 4.06. The van der Waals surface area contributed by atoms with Crippen molar-refractivity contribution in [3.63, 3.8) is 0 Å². The fourth-order valence-corrected chi connectivity index (χ4v) is 2.14. The van der Waals surface area contributed by atoms with Crippen molar-refractivity contribution >= 4 is 17.7 Å². The summed E-state index contributed by atoms with van der Waals surface area (Å²) in [5.74, 6) is 1.33. The Hall–Kier alpha value is -1.82. The number of thioether (sulfide) groups is 1. The number of carbonyl (C=O) groups is 1. The van der Waals surface area contributed by atoms with Crippen molar-refractivity contribution in [2.24, 2.45) is 0 Å². The van der Waals surface area contributed by atoms with Crippen LogP contribution < -0.4 is 0 Å². The molecule has 0 amide bonds. The lowest BCUT2D eigenvalue weighted by Crippen LogP contribution is -2.07. The molecule has 2 aromatic rings. The second kappa shape index (κ2) is 7.09. The van der Waals surface area contributed by atoms with Crippen LogP contribution in [-0.2, 0) is 11.2 Å². The number of aryl methyl sites for hydroxylation is 1. The van der Waals surface area contributed by atoms with Gasteiger partial charge in [-0.25, -0.2) is 14.5 Å². The molecule has 2 rings (SSSR count). The van der Waals surface area contributed by atoms with Gasteiger partial charge in [0.25, 0.3) is 5.82 Å².